The van der Waals surface area contributed by atoms with Crippen LogP contribution in [0.4, 0.5) is 5.69 Å². The Morgan fingerprint density at radius 3 is 2.87 bits per heavy atom. The zero-order valence-corrected chi connectivity index (χ0v) is 13.4. The standard InChI is InChI=1S/C18H20N2O3/c1-3-18(22)19-15-6-4-5-13(9-15)17-10-14-11-20(12(2)21)8-7-16(14)23-17/h4-6,9-10H,3,7-8,11H2,1-2H3,(H,19,22). The summed E-state index contributed by atoms with van der Waals surface area (Å²) in [6, 6.07) is 9.60. The third kappa shape index (κ3) is 3.28. The molecule has 0 fully saturated rings. The fraction of sp³-hybridized carbons (Fsp3) is 0.333. The van der Waals surface area contributed by atoms with Gasteiger partial charge in [-0.2, -0.15) is 0 Å². The van der Waals surface area contributed by atoms with Gasteiger partial charge in [-0.25, -0.2) is 0 Å². The summed E-state index contributed by atoms with van der Waals surface area (Å²) >= 11 is 0. The number of anilines is 1. The summed E-state index contributed by atoms with van der Waals surface area (Å²) in [6.45, 7) is 4.70. The third-order valence-corrected chi connectivity index (χ3v) is 4.06. The highest BCUT2D eigenvalue weighted by Gasteiger charge is 2.22. The highest BCUT2D eigenvalue weighted by molar-refractivity contribution is 5.91. The van der Waals surface area contributed by atoms with E-state index in [9.17, 15) is 9.59 Å². The number of carbonyl (C=O) groups excluding carboxylic acids is 2. The molecule has 1 N–H and O–H groups in total. The summed E-state index contributed by atoms with van der Waals surface area (Å²) in [5.74, 6) is 1.79. The number of furan rings is 1. The average Bonchev–Trinajstić information content (AvgIpc) is 2.98. The molecule has 3 rings (SSSR count). The first-order valence-corrected chi connectivity index (χ1v) is 7.84. The Morgan fingerprint density at radius 1 is 1.30 bits per heavy atom. The van der Waals surface area contributed by atoms with Gasteiger partial charge in [0.2, 0.25) is 11.8 Å². The first kappa shape index (κ1) is 15.3. The summed E-state index contributed by atoms with van der Waals surface area (Å²) in [5.41, 5.74) is 2.74. The molecule has 5 nitrogen and oxygen atoms in total. The fourth-order valence-corrected chi connectivity index (χ4v) is 2.74. The molecule has 2 heterocycles. The predicted octanol–water partition coefficient (Wildman–Crippen LogP) is 3.20. The molecule has 1 aliphatic heterocycles. The lowest BCUT2D eigenvalue weighted by Crippen LogP contribution is -2.33. The smallest absolute Gasteiger partial charge is 0.224 e. The lowest BCUT2D eigenvalue weighted by atomic mass is 10.1. The van der Waals surface area contributed by atoms with Gasteiger partial charge in [0.1, 0.15) is 11.5 Å². The highest BCUT2D eigenvalue weighted by Crippen LogP contribution is 2.30. The zero-order valence-electron chi connectivity index (χ0n) is 13.4. The summed E-state index contributed by atoms with van der Waals surface area (Å²) < 4.78 is 5.96. The lowest BCUT2D eigenvalue weighted by Gasteiger charge is -2.24. The number of benzene rings is 1. The van der Waals surface area contributed by atoms with Gasteiger partial charge < -0.3 is 14.6 Å². The van der Waals surface area contributed by atoms with Crippen LogP contribution in [0.2, 0.25) is 0 Å². The molecule has 0 radical (unpaired) electrons. The van der Waals surface area contributed by atoms with E-state index in [0.29, 0.717) is 19.5 Å². The molecule has 0 unspecified atom stereocenters. The molecule has 5 heteroatoms. The zero-order chi connectivity index (χ0) is 16.4. The summed E-state index contributed by atoms with van der Waals surface area (Å²) in [6.07, 6.45) is 1.18. The van der Waals surface area contributed by atoms with Gasteiger partial charge in [0.05, 0.1) is 0 Å². The van der Waals surface area contributed by atoms with Crippen molar-refractivity contribution in [2.45, 2.75) is 33.2 Å². The largest absolute Gasteiger partial charge is 0.461 e. The van der Waals surface area contributed by atoms with Crippen molar-refractivity contribution in [3.05, 3.63) is 41.7 Å². The van der Waals surface area contributed by atoms with Gasteiger partial charge >= 0.3 is 0 Å². The van der Waals surface area contributed by atoms with Crippen LogP contribution in [0.3, 0.4) is 0 Å². The van der Waals surface area contributed by atoms with Gasteiger partial charge in [0, 0.05) is 49.7 Å². The van der Waals surface area contributed by atoms with E-state index in [-0.39, 0.29) is 11.8 Å². The van der Waals surface area contributed by atoms with Crippen molar-refractivity contribution in [1.82, 2.24) is 4.90 Å². The second-order valence-electron chi connectivity index (χ2n) is 5.73. The minimum absolute atomic E-state index is 0.0158. The van der Waals surface area contributed by atoms with Crippen molar-refractivity contribution in [1.29, 1.82) is 0 Å². The van der Waals surface area contributed by atoms with Crippen LogP contribution in [0.15, 0.2) is 34.7 Å². The molecule has 1 aromatic carbocycles. The van der Waals surface area contributed by atoms with Gasteiger partial charge in [-0.3, -0.25) is 9.59 Å². The highest BCUT2D eigenvalue weighted by atomic mass is 16.3. The maximum absolute atomic E-state index is 11.5. The van der Waals surface area contributed by atoms with Crippen molar-refractivity contribution in [3.8, 4) is 11.3 Å². The van der Waals surface area contributed by atoms with E-state index in [1.807, 2.05) is 42.2 Å². The van der Waals surface area contributed by atoms with E-state index in [1.165, 1.54) is 0 Å². The minimum atomic E-state index is -0.0158. The molecule has 0 saturated heterocycles. The Morgan fingerprint density at radius 2 is 2.13 bits per heavy atom. The predicted molar refractivity (Wildman–Crippen MR) is 87.9 cm³/mol. The Kier molecular flexibility index (Phi) is 4.19. The number of carbonyl (C=O) groups is 2. The van der Waals surface area contributed by atoms with E-state index < -0.39 is 0 Å². The monoisotopic (exact) mass is 312 g/mol. The van der Waals surface area contributed by atoms with Crippen LogP contribution in [0.5, 0.6) is 0 Å². The number of nitrogens with one attached hydrogen (secondary N) is 1. The molecule has 1 aromatic heterocycles. The van der Waals surface area contributed by atoms with Crippen molar-refractivity contribution in [2.24, 2.45) is 0 Å². The minimum Gasteiger partial charge on any atom is -0.461 e. The topological polar surface area (TPSA) is 62.6 Å². The van der Waals surface area contributed by atoms with Gasteiger partial charge in [0.15, 0.2) is 0 Å². The molecule has 0 bridgehead atoms. The van der Waals surface area contributed by atoms with Crippen LogP contribution >= 0.6 is 0 Å². The summed E-state index contributed by atoms with van der Waals surface area (Å²) in [5, 5.41) is 2.85. The number of rotatable bonds is 3. The number of amides is 2. The molecular weight excluding hydrogens is 292 g/mol. The van der Waals surface area contributed by atoms with Gasteiger partial charge in [0.25, 0.3) is 0 Å². The molecule has 0 aliphatic carbocycles. The van der Waals surface area contributed by atoms with Crippen LogP contribution in [0.25, 0.3) is 11.3 Å². The number of hydrogen-bond acceptors (Lipinski definition) is 3. The van der Waals surface area contributed by atoms with Crippen molar-refractivity contribution in [3.63, 3.8) is 0 Å². The van der Waals surface area contributed by atoms with Crippen molar-refractivity contribution in [2.75, 3.05) is 11.9 Å². The number of fused-ring (bicyclic) bond motifs is 1. The van der Waals surface area contributed by atoms with Gasteiger partial charge in [-0.15, -0.1) is 0 Å². The van der Waals surface area contributed by atoms with E-state index in [1.54, 1.807) is 6.92 Å². The van der Waals surface area contributed by atoms with Crippen LogP contribution in [0, 0.1) is 0 Å². The number of hydrogen-bond donors (Lipinski definition) is 1. The van der Waals surface area contributed by atoms with Crippen LogP contribution in [0.1, 0.15) is 31.6 Å². The molecule has 23 heavy (non-hydrogen) atoms. The Bertz CT molecular complexity index is 748. The Hall–Kier alpha value is -2.56. The molecular formula is C18H20N2O3. The first-order chi connectivity index (χ1) is 11.1. The molecule has 0 saturated carbocycles. The van der Waals surface area contributed by atoms with Crippen LogP contribution in [-0.2, 0) is 22.6 Å². The Labute approximate surface area is 135 Å². The lowest BCUT2D eigenvalue weighted by molar-refractivity contribution is -0.129. The van der Waals surface area contributed by atoms with E-state index in [0.717, 1.165) is 34.8 Å². The van der Waals surface area contributed by atoms with Crippen LogP contribution in [-0.4, -0.2) is 23.3 Å². The van der Waals surface area contributed by atoms with Crippen molar-refractivity contribution >= 4 is 17.5 Å². The quantitative estimate of drug-likeness (QED) is 0.946. The molecule has 0 atom stereocenters. The summed E-state index contributed by atoms with van der Waals surface area (Å²) in [7, 11) is 0. The number of nitrogens with zero attached hydrogens (tertiary/aromatic N) is 1. The average molecular weight is 312 g/mol. The molecule has 120 valence electrons. The molecule has 2 aromatic rings. The molecule has 1 aliphatic rings. The molecule has 0 spiro atoms. The van der Waals surface area contributed by atoms with E-state index >= 15 is 0 Å². The third-order valence-electron chi connectivity index (χ3n) is 4.06. The summed E-state index contributed by atoms with van der Waals surface area (Å²) in [4.78, 5) is 24.9. The SMILES string of the molecule is CCC(=O)Nc1cccc(-c2cc3c(o2)CCN(C(C)=O)C3)c1. The second kappa shape index (κ2) is 6.28. The van der Waals surface area contributed by atoms with Gasteiger partial charge in [-0.1, -0.05) is 19.1 Å². The second-order valence-corrected chi connectivity index (χ2v) is 5.73. The van der Waals surface area contributed by atoms with Crippen LogP contribution < -0.4 is 5.32 Å². The Balaban J connectivity index is 1.85. The van der Waals surface area contributed by atoms with Gasteiger partial charge in [-0.05, 0) is 18.2 Å². The maximum atomic E-state index is 11.5. The van der Waals surface area contributed by atoms with E-state index in [2.05, 4.69) is 5.32 Å². The van der Waals surface area contributed by atoms with E-state index in [4.69, 9.17) is 4.42 Å². The first-order valence-electron chi connectivity index (χ1n) is 7.84. The normalized spacial score (nSPS) is 13.6. The fourth-order valence-electron chi connectivity index (χ4n) is 2.74. The van der Waals surface area contributed by atoms with Crippen molar-refractivity contribution < 1.29 is 14.0 Å². The molecule has 2 amide bonds. The maximum Gasteiger partial charge on any atom is 0.224 e.